The maximum atomic E-state index is 11.3. The van der Waals surface area contributed by atoms with E-state index in [1.165, 1.54) is 26.4 Å². The first-order valence-electron chi connectivity index (χ1n) is 10.3. The average molecular weight is 389 g/mol. The third kappa shape index (κ3) is 4.78. The molecule has 1 aliphatic rings. The first-order chi connectivity index (χ1) is 13.1. The molecule has 3 atom stereocenters. The summed E-state index contributed by atoms with van der Waals surface area (Å²) in [6.45, 7) is 12.9. The molecule has 0 bridgehead atoms. The molecule has 1 aromatic carbocycles. The summed E-state index contributed by atoms with van der Waals surface area (Å²) in [6.07, 6.45) is 5.62. The minimum atomic E-state index is -0.788. The van der Waals surface area contributed by atoms with Crippen molar-refractivity contribution in [3.05, 3.63) is 34.9 Å². The molecule has 0 aromatic heterocycles. The molecule has 0 amide bonds. The molecular weight excluding hydrogens is 352 g/mol. The fourth-order valence-electron chi connectivity index (χ4n) is 4.91. The molecule has 1 aromatic rings. The summed E-state index contributed by atoms with van der Waals surface area (Å²) in [7, 11) is 1.52. The summed E-state index contributed by atoms with van der Waals surface area (Å²) in [5.41, 5.74) is 2.43. The molecule has 0 aliphatic heterocycles. The number of carbonyl (C=O) groups is 1. The van der Waals surface area contributed by atoms with Gasteiger partial charge in [-0.2, -0.15) is 0 Å². The van der Waals surface area contributed by atoms with E-state index in [1.807, 2.05) is 0 Å². The van der Waals surface area contributed by atoms with Crippen LogP contribution in [0.3, 0.4) is 0 Å². The molecule has 156 valence electrons. The molecule has 1 saturated carbocycles. The van der Waals surface area contributed by atoms with E-state index in [2.05, 4.69) is 27.4 Å². The van der Waals surface area contributed by atoms with Gasteiger partial charge in [0.1, 0.15) is 11.5 Å². The van der Waals surface area contributed by atoms with Crippen LogP contribution in [-0.4, -0.2) is 29.7 Å². The van der Waals surface area contributed by atoms with Crippen molar-refractivity contribution < 1.29 is 19.7 Å². The molecule has 4 nitrogen and oxygen atoms in total. The van der Waals surface area contributed by atoms with Crippen molar-refractivity contribution in [1.82, 2.24) is 0 Å². The molecule has 0 saturated heterocycles. The third-order valence-corrected chi connectivity index (χ3v) is 6.77. The van der Waals surface area contributed by atoms with Gasteiger partial charge in [-0.3, -0.25) is 4.79 Å². The zero-order chi connectivity index (χ0) is 21.1. The lowest BCUT2D eigenvalue weighted by Crippen LogP contribution is -2.34. The number of phenols is 1. The Hall–Kier alpha value is -1.81. The van der Waals surface area contributed by atoms with E-state index < -0.39 is 6.10 Å². The van der Waals surface area contributed by atoms with Crippen LogP contribution in [0, 0.1) is 24.2 Å². The van der Waals surface area contributed by atoms with Crippen molar-refractivity contribution in [3.63, 3.8) is 0 Å². The van der Waals surface area contributed by atoms with Gasteiger partial charge in [0.05, 0.1) is 18.8 Å². The zero-order valence-electron chi connectivity index (χ0n) is 18.0. The van der Waals surface area contributed by atoms with E-state index in [-0.39, 0.29) is 17.7 Å². The van der Waals surface area contributed by atoms with Crippen molar-refractivity contribution in [2.24, 2.45) is 17.3 Å². The molecule has 4 heteroatoms. The molecule has 1 aliphatic carbocycles. The van der Waals surface area contributed by atoms with Crippen LogP contribution in [0.15, 0.2) is 18.2 Å². The van der Waals surface area contributed by atoms with Gasteiger partial charge in [-0.15, -0.1) is 0 Å². The predicted molar refractivity (Wildman–Crippen MR) is 113 cm³/mol. The molecule has 1 fully saturated rings. The van der Waals surface area contributed by atoms with Gasteiger partial charge in [0.2, 0.25) is 0 Å². The Kier molecular flexibility index (Phi) is 7.33. The number of carbonyl (C=O) groups excluding carboxylic acids is 1. The van der Waals surface area contributed by atoms with E-state index in [4.69, 9.17) is 4.74 Å². The molecule has 28 heavy (non-hydrogen) atoms. The van der Waals surface area contributed by atoms with Crippen LogP contribution in [0.1, 0.15) is 74.4 Å². The summed E-state index contributed by atoms with van der Waals surface area (Å²) < 4.78 is 5.37. The lowest BCUT2D eigenvalue weighted by molar-refractivity contribution is 0.0748. The number of aliphatic hydroxyl groups is 1. The minimum Gasteiger partial charge on any atom is -0.507 e. The van der Waals surface area contributed by atoms with E-state index >= 15 is 0 Å². The first kappa shape index (κ1) is 22.5. The maximum absolute atomic E-state index is 11.3. The van der Waals surface area contributed by atoms with Gasteiger partial charge >= 0.3 is 0 Å². The van der Waals surface area contributed by atoms with Gasteiger partial charge in [0.15, 0.2) is 6.29 Å². The highest BCUT2D eigenvalue weighted by atomic mass is 16.5. The number of aromatic hydroxyl groups is 1. The Morgan fingerprint density at radius 3 is 2.71 bits per heavy atom. The zero-order valence-corrected chi connectivity index (χ0v) is 18.0. The monoisotopic (exact) mass is 388 g/mol. The lowest BCUT2D eigenvalue weighted by Gasteiger charge is -2.43. The van der Waals surface area contributed by atoms with Crippen molar-refractivity contribution >= 4 is 6.29 Å². The fraction of sp³-hybridized carbons (Fsp3) is 0.625. The van der Waals surface area contributed by atoms with Gasteiger partial charge in [0, 0.05) is 12.0 Å². The summed E-state index contributed by atoms with van der Waals surface area (Å²) in [5.74, 6) is 1.68. The molecule has 2 rings (SSSR count). The largest absolute Gasteiger partial charge is 0.507 e. The average Bonchev–Trinajstić information content (AvgIpc) is 2.62. The summed E-state index contributed by atoms with van der Waals surface area (Å²) in [5, 5.41) is 21.2. The van der Waals surface area contributed by atoms with Gasteiger partial charge in [0.25, 0.3) is 0 Å². The Morgan fingerprint density at radius 1 is 1.46 bits per heavy atom. The number of benzene rings is 1. The highest BCUT2D eigenvalue weighted by Gasteiger charge is 2.36. The van der Waals surface area contributed by atoms with Gasteiger partial charge < -0.3 is 14.9 Å². The number of hydrogen-bond donors (Lipinski definition) is 2. The standard InChI is InChI=1S/C24H36O4/c1-15-8-7-11-24(4,5)20(15)10-9-16(2)21(26)13-18-22(28-6)12-17(3)19(14-25)23(18)27/h12,14-15,20-21,26-27H,2,7-11,13H2,1,3-6H3/t15-,20-,21?/m0/s1. The van der Waals surface area contributed by atoms with Crippen LogP contribution in [0.2, 0.25) is 0 Å². The number of rotatable bonds is 8. The number of methoxy groups -OCH3 is 1. The maximum Gasteiger partial charge on any atom is 0.154 e. The summed E-state index contributed by atoms with van der Waals surface area (Å²) >= 11 is 0. The Bertz CT molecular complexity index is 720. The molecule has 0 radical (unpaired) electrons. The van der Waals surface area contributed by atoms with Crippen LogP contribution in [-0.2, 0) is 6.42 Å². The normalized spacial score (nSPS) is 22.5. The third-order valence-electron chi connectivity index (χ3n) is 6.77. The van der Waals surface area contributed by atoms with Crippen molar-refractivity contribution in [3.8, 4) is 11.5 Å². The number of phenolic OH excluding ortho intramolecular Hbond substituents is 1. The van der Waals surface area contributed by atoms with E-state index in [9.17, 15) is 15.0 Å². The quantitative estimate of drug-likeness (QED) is 0.473. The van der Waals surface area contributed by atoms with E-state index in [0.29, 0.717) is 40.4 Å². The van der Waals surface area contributed by atoms with Crippen LogP contribution >= 0.6 is 0 Å². The highest BCUT2D eigenvalue weighted by Crippen LogP contribution is 2.46. The highest BCUT2D eigenvalue weighted by molar-refractivity contribution is 5.83. The number of ether oxygens (including phenoxy) is 1. The molecular formula is C24H36O4. The Morgan fingerprint density at radius 2 is 2.14 bits per heavy atom. The minimum absolute atomic E-state index is 0.110. The molecule has 2 N–H and O–H groups in total. The number of aryl methyl sites for hydroxylation is 1. The second-order valence-electron chi connectivity index (χ2n) is 9.14. The van der Waals surface area contributed by atoms with Crippen molar-refractivity contribution in [2.45, 2.75) is 72.3 Å². The Labute approximate surface area is 169 Å². The molecule has 0 spiro atoms. The van der Waals surface area contributed by atoms with Gasteiger partial charge in [-0.05, 0) is 60.6 Å². The summed E-state index contributed by atoms with van der Waals surface area (Å²) in [4.78, 5) is 11.3. The second kappa shape index (κ2) is 9.13. The van der Waals surface area contributed by atoms with Crippen molar-refractivity contribution in [2.75, 3.05) is 7.11 Å². The summed E-state index contributed by atoms with van der Waals surface area (Å²) in [6, 6.07) is 1.72. The Balaban J connectivity index is 2.09. The smallest absolute Gasteiger partial charge is 0.154 e. The predicted octanol–water partition coefficient (Wildman–Crippen LogP) is 5.22. The van der Waals surface area contributed by atoms with E-state index in [0.717, 1.165) is 18.4 Å². The number of hydrogen-bond acceptors (Lipinski definition) is 4. The second-order valence-corrected chi connectivity index (χ2v) is 9.14. The van der Waals surface area contributed by atoms with Crippen LogP contribution < -0.4 is 4.74 Å². The first-order valence-corrected chi connectivity index (χ1v) is 10.3. The van der Waals surface area contributed by atoms with Crippen molar-refractivity contribution in [1.29, 1.82) is 0 Å². The lowest BCUT2D eigenvalue weighted by atomic mass is 9.62. The van der Waals surface area contributed by atoms with Crippen LogP contribution in [0.25, 0.3) is 0 Å². The number of aliphatic hydroxyl groups excluding tert-OH is 1. The molecule has 1 unspecified atom stereocenters. The van der Waals surface area contributed by atoms with Crippen LogP contribution in [0.4, 0.5) is 0 Å². The van der Waals surface area contributed by atoms with Gasteiger partial charge in [-0.25, -0.2) is 0 Å². The SMILES string of the molecule is C=C(CC[C@H]1[C@@H](C)CCCC1(C)C)C(O)Cc1c(OC)cc(C)c(C=O)c1O. The molecule has 0 heterocycles. The number of aldehydes is 1. The topological polar surface area (TPSA) is 66.8 Å². The van der Waals surface area contributed by atoms with Crippen LogP contribution in [0.5, 0.6) is 11.5 Å². The van der Waals surface area contributed by atoms with E-state index in [1.54, 1.807) is 13.0 Å². The van der Waals surface area contributed by atoms with Gasteiger partial charge in [-0.1, -0.05) is 40.2 Å². The fourth-order valence-corrected chi connectivity index (χ4v) is 4.91.